The lowest BCUT2D eigenvalue weighted by Crippen LogP contribution is -2.09. The predicted molar refractivity (Wildman–Crippen MR) is 94.4 cm³/mol. The van der Waals surface area contributed by atoms with Gasteiger partial charge in [0.05, 0.1) is 30.6 Å². The van der Waals surface area contributed by atoms with Gasteiger partial charge in [-0.15, -0.1) is 0 Å². The fraction of sp³-hybridized carbons (Fsp3) is 0.316. The second-order valence-corrected chi connectivity index (χ2v) is 6.19. The van der Waals surface area contributed by atoms with E-state index in [0.717, 1.165) is 22.5 Å². The molecule has 1 aromatic carbocycles. The highest BCUT2D eigenvalue weighted by atomic mass is 16.5. The van der Waals surface area contributed by atoms with Crippen LogP contribution in [0.25, 0.3) is 0 Å². The molecule has 0 amide bonds. The molecular formula is C19H22N4O2. The Bertz CT molecular complexity index is 879. The molecule has 0 saturated carbocycles. The number of carbonyl (C=O) groups is 1. The van der Waals surface area contributed by atoms with Gasteiger partial charge >= 0.3 is 5.97 Å². The van der Waals surface area contributed by atoms with Gasteiger partial charge in [0.25, 0.3) is 0 Å². The van der Waals surface area contributed by atoms with Gasteiger partial charge in [0.15, 0.2) is 0 Å². The number of nitrogens with zero attached hydrogens (tertiary/aromatic N) is 4. The number of aryl methyl sites for hydroxylation is 3. The van der Waals surface area contributed by atoms with Crippen LogP contribution in [-0.4, -0.2) is 32.1 Å². The zero-order valence-electron chi connectivity index (χ0n) is 14.8. The van der Waals surface area contributed by atoms with Crippen LogP contribution in [0.4, 0.5) is 0 Å². The van der Waals surface area contributed by atoms with Crippen LogP contribution in [0.5, 0.6) is 0 Å². The monoisotopic (exact) mass is 338 g/mol. The van der Waals surface area contributed by atoms with Gasteiger partial charge in [-0.25, -0.2) is 4.79 Å². The van der Waals surface area contributed by atoms with Crippen LogP contribution in [0.2, 0.25) is 0 Å². The number of hydrogen-bond acceptors (Lipinski definition) is 4. The molecule has 0 bridgehead atoms. The van der Waals surface area contributed by atoms with Crippen molar-refractivity contribution < 1.29 is 9.53 Å². The minimum Gasteiger partial charge on any atom is -0.462 e. The third kappa shape index (κ3) is 4.35. The zero-order valence-corrected chi connectivity index (χ0v) is 14.8. The molecule has 6 heteroatoms. The Labute approximate surface area is 147 Å². The maximum atomic E-state index is 12.3. The molecule has 0 unspecified atom stereocenters. The highest BCUT2D eigenvalue weighted by Gasteiger charge is 2.09. The summed E-state index contributed by atoms with van der Waals surface area (Å²) in [5, 5.41) is 8.56. The van der Waals surface area contributed by atoms with E-state index < -0.39 is 0 Å². The Morgan fingerprint density at radius 1 is 1.20 bits per heavy atom. The van der Waals surface area contributed by atoms with Crippen molar-refractivity contribution in [3.05, 3.63) is 70.8 Å². The molecule has 0 spiro atoms. The third-order valence-electron chi connectivity index (χ3n) is 3.98. The lowest BCUT2D eigenvalue weighted by atomic mass is 10.1. The van der Waals surface area contributed by atoms with Crippen LogP contribution < -0.4 is 0 Å². The summed E-state index contributed by atoms with van der Waals surface area (Å²) < 4.78 is 9.04. The summed E-state index contributed by atoms with van der Waals surface area (Å²) in [6.07, 6.45) is 4.36. The Morgan fingerprint density at radius 2 is 2.04 bits per heavy atom. The molecule has 0 fully saturated rings. The highest BCUT2D eigenvalue weighted by molar-refractivity contribution is 5.89. The Balaban J connectivity index is 1.60. The summed E-state index contributed by atoms with van der Waals surface area (Å²) in [6, 6.07) is 9.54. The second-order valence-electron chi connectivity index (χ2n) is 6.19. The quantitative estimate of drug-likeness (QED) is 0.648. The van der Waals surface area contributed by atoms with E-state index in [0.29, 0.717) is 25.1 Å². The molecule has 0 aliphatic heterocycles. The van der Waals surface area contributed by atoms with Gasteiger partial charge in [0.1, 0.15) is 0 Å². The number of carbonyl (C=O) groups excluding carboxylic acids is 1. The fourth-order valence-corrected chi connectivity index (χ4v) is 2.75. The average Bonchev–Trinajstić information content (AvgIpc) is 3.12. The van der Waals surface area contributed by atoms with Crippen LogP contribution in [0, 0.1) is 13.8 Å². The molecule has 3 aromatic rings. The first-order valence-electron chi connectivity index (χ1n) is 8.26. The summed E-state index contributed by atoms with van der Waals surface area (Å²) in [5.74, 6) is -0.306. The molecule has 6 nitrogen and oxygen atoms in total. The molecule has 0 aliphatic rings. The zero-order chi connectivity index (χ0) is 17.8. The van der Waals surface area contributed by atoms with Crippen molar-refractivity contribution in [2.75, 3.05) is 6.61 Å². The molecule has 130 valence electrons. The van der Waals surface area contributed by atoms with Crippen molar-refractivity contribution in [2.45, 2.75) is 26.8 Å². The highest BCUT2D eigenvalue weighted by Crippen LogP contribution is 2.11. The van der Waals surface area contributed by atoms with Gasteiger partial charge in [-0.05, 0) is 43.2 Å². The summed E-state index contributed by atoms with van der Waals surface area (Å²) in [6.45, 7) is 4.97. The molecular weight excluding hydrogens is 316 g/mol. The number of hydrogen-bond donors (Lipinski definition) is 0. The number of aromatic nitrogens is 4. The summed E-state index contributed by atoms with van der Waals surface area (Å²) in [7, 11) is 1.86. The summed E-state index contributed by atoms with van der Waals surface area (Å²) >= 11 is 0. The van der Waals surface area contributed by atoms with Gasteiger partial charge in [-0.2, -0.15) is 10.2 Å². The normalized spacial score (nSPS) is 10.8. The standard InChI is InChI=1S/C19H22N4O2/c1-14-9-15(2)23(21-14)13-16-5-4-6-18(10-16)19(24)25-8-7-17-11-20-22(3)12-17/h4-6,9-12H,7-8,13H2,1-3H3. The van der Waals surface area contributed by atoms with Crippen LogP contribution in [0.1, 0.15) is 32.9 Å². The van der Waals surface area contributed by atoms with E-state index in [2.05, 4.69) is 10.2 Å². The average molecular weight is 338 g/mol. The van der Waals surface area contributed by atoms with Crippen molar-refractivity contribution in [3.8, 4) is 0 Å². The van der Waals surface area contributed by atoms with Gasteiger partial charge in [-0.3, -0.25) is 9.36 Å². The van der Waals surface area contributed by atoms with E-state index in [1.165, 1.54) is 0 Å². The van der Waals surface area contributed by atoms with Crippen molar-refractivity contribution in [1.29, 1.82) is 0 Å². The van der Waals surface area contributed by atoms with Crippen molar-refractivity contribution in [1.82, 2.24) is 19.6 Å². The Kier molecular flexibility index (Phi) is 4.97. The number of benzene rings is 1. The third-order valence-corrected chi connectivity index (χ3v) is 3.98. The molecule has 0 atom stereocenters. The minimum atomic E-state index is -0.306. The first-order chi connectivity index (χ1) is 12.0. The summed E-state index contributed by atoms with van der Waals surface area (Å²) in [5.41, 5.74) is 4.72. The first-order valence-corrected chi connectivity index (χ1v) is 8.26. The molecule has 0 N–H and O–H groups in total. The van der Waals surface area contributed by atoms with E-state index in [-0.39, 0.29) is 5.97 Å². The molecule has 2 heterocycles. The predicted octanol–water partition coefficient (Wildman–Crippen LogP) is 2.68. The molecule has 0 aliphatic carbocycles. The Hall–Kier alpha value is -2.89. The van der Waals surface area contributed by atoms with Gasteiger partial charge in [0, 0.05) is 25.4 Å². The van der Waals surface area contributed by atoms with Gasteiger partial charge in [0.2, 0.25) is 0 Å². The van der Waals surface area contributed by atoms with Crippen molar-refractivity contribution in [3.63, 3.8) is 0 Å². The van der Waals surface area contributed by atoms with Crippen LogP contribution in [0.3, 0.4) is 0 Å². The largest absolute Gasteiger partial charge is 0.462 e. The fourth-order valence-electron chi connectivity index (χ4n) is 2.75. The molecule has 3 rings (SSSR count). The maximum Gasteiger partial charge on any atom is 0.338 e. The van der Waals surface area contributed by atoms with E-state index in [4.69, 9.17) is 4.74 Å². The summed E-state index contributed by atoms with van der Waals surface area (Å²) in [4.78, 5) is 12.3. The van der Waals surface area contributed by atoms with E-state index in [9.17, 15) is 4.79 Å². The van der Waals surface area contributed by atoms with Crippen molar-refractivity contribution >= 4 is 5.97 Å². The molecule has 25 heavy (non-hydrogen) atoms. The number of rotatable bonds is 6. The van der Waals surface area contributed by atoms with Crippen LogP contribution >= 0.6 is 0 Å². The minimum absolute atomic E-state index is 0.306. The van der Waals surface area contributed by atoms with Crippen LogP contribution in [0.15, 0.2) is 42.7 Å². The van der Waals surface area contributed by atoms with Gasteiger partial charge < -0.3 is 4.74 Å². The Morgan fingerprint density at radius 3 is 2.72 bits per heavy atom. The van der Waals surface area contributed by atoms with Gasteiger partial charge in [-0.1, -0.05) is 12.1 Å². The molecule has 2 aromatic heterocycles. The van der Waals surface area contributed by atoms with E-state index in [1.54, 1.807) is 16.9 Å². The van der Waals surface area contributed by atoms with Crippen molar-refractivity contribution in [2.24, 2.45) is 7.05 Å². The second kappa shape index (κ2) is 7.34. The molecule has 0 radical (unpaired) electrons. The number of esters is 1. The van der Waals surface area contributed by atoms with E-state index >= 15 is 0 Å². The number of ether oxygens (including phenoxy) is 1. The first kappa shape index (κ1) is 17.0. The maximum absolute atomic E-state index is 12.3. The topological polar surface area (TPSA) is 61.9 Å². The molecule has 0 saturated heterocycles. The lowest BCUT2D eigenvalue weighted by Gasteiger charge is -2.08. The van der Waals surface area contributed by atoms with E-state index in [1.807, 2.05) is 56.0 Å². The smallest absolute Gasteiger partial charge is 0.338 e. The SMILES string of the molecule is Cc1cc(C)n(Cc2cccc(C(=O)OCCc3cnn(C)c3)c2)n1. The lowest BCUT2D eigenvalue weighted by molar-refractivity contribution is 0.0509. The van der Waals surface area contributed by atoms with Crippen LogP contribution in [-0.2, 0) is 24.8 Å².